The summed E-state index contributed by atoms with van der Waals surface area (Å²) in [7, 11) is 1.91. The van der Waals surface area contributed by atoms with Crippen LogP contribution in [0.5, 0.6) is 0 Å². The Bertz CT molecular complexity index is 324. The molecule has 0 spiro atoms. The van der Waals surface area contributed by atoms with Gasteiger partial charge in [-0.1, -0.05) is 22.6 Å². The van der Waals surface area contributed by atoms with E-state index in [2.05, 4.69) is 27.6 Å². The lowest BCUT2D eigenvalue weighted by molar-refractivity contribution is -0.137. The van der Waals surface area contributed by atoms with Crippen molar-refractivity contribution < 1.29 is 13.2 Å². The van der Waals surface area contributed by atoms with Crippen LogP contribution in [0, 0.1) is 0 Å². The molecule has 90 valence electrons. The highest BCUT2D eigenvalue weighted by Crippen LogP contribution is 2.28. The van der Waals surface area contributed by atoms with Crippen molar-refractivity contribution in [2.75, 3.05) is 18.0 Å². The zero-order valence-corrected chi connectivity index (χ0v) is 10.9. The Kier molecular flexibility index (Phi) is 4.97. The van der Waals surface area contributed by atoms with Crippen LogP contribution in [0.1, 0.15) is 11.3 Å². The predicted molar refractivity (Wildman–Crippen MR) is 64.5 cm³/mol. The molecule has 0 atom stereocenters. The van der Waals surface area contributed by atoms with Gasteiger partial charge in [0.05, 0.1) is 11.3 Å². The summed E-state index contributed by atoms with van der Waals surface area (Å²) < 4.78 is 37.7. The summed E-state index contributed by atoms with van der Waals surface area (Å²) in [4.78, 5) is 5.82. The maximum atomic E-state index is 12.3. The first-order valence-corrected chi connectivity index (χ1v) is 6.22. The van der Waals surface area contributed by atoms with Crippen molar-refractivity contribution in [3.63, 3.8) is 0 Å². The van der Waals surface area contributed by atoms with Gasteiger partial charge in [-0.25, -0.2) is 0 Å². The fourth-order valence-electron chi connectivity index (χ4n) is 1.19. The fraction of sp³-hybridized carbons (Fsp3) is 0.500. The third kappa shape index (κ3) is 4.25. The van der Waals surface area contributed by atoms with Gasteiger partial charge in [-0.3, -0.25) is 9.88 Å². The molecule has 16 heavy (non-hydrogen) atoms. The quantitative estimate of drug-likeness (QED) is 0.617. The molecule has 0 saturated heterocycles. The Labute approximate surface area is 106 Å². The summed E-state index contributed by atoms with van der Waals surface area (Å²) in [5, 5.41) is 0. The Morgan fingerprint density at radius 2 is 2.06 bits per heavy atom. The average Bonchev–Trinajstić information content (AvgIpc) is 2.17. The second-order valence-corrected chi connectivity index (χ2v) is 4.54. The number of nitrogens with zero attached hydrogens (tertiary/aromatic N) is 2. The SMILES string of the molecule is CN(CCI)Cc1ccc(C(F)(F)F)cn1. The second kappa shape index (κ2) is 5.81. The lowest BCUT2D eigenvalue weighted by Gasteiger charge is -2.14. The van der Waals surface area contributed by atoms with E-state index < -0.39 is 11.7 Å². The zero-order chi connectivity index (χ0) is 12.2. The molecule has 0 aromatic carbocycles. The first-order chi connectivity index (χ1) is 7.43. The van der Waals surface area contributed by atoms with Crippen LogP contribution < -0.4 is 0 Å². The largest absolute Gasteiger partial charge is 0.417 e. The molecular weight excluding hydrogens is 332 g/mol. The molecule has 0 aliphatic rings. The van der Waals surface area contributed by atoms with E-state index in [9.17, 15) is 13.2 Å². The molecule has 0 N–H and O–H groups in total. The summed E-state index contributed by atoms with van der Waals surface area (Å²) in [6.45, 7) is 1.46. The molecule has 0 aliphatic carbocycles. The highest BCUT2D eigenvalue weighted by molar-refractivity contribution is 14.1. The monoisotopic (exact) mass is 344 g/mol. The Balaban J connectivity index is 2.65. The van der Waals surface area contributed by atoms with Gasteiger partial charge in [0.25, 0.3) is 0 Å². The molecule has 0 unspecified atom stereocenters. The molecule has 1 heterocycles. The molecular formula is C10H12F3IN2. The minimum Gasteiger partial charge on any atom is -0.300 e. The van der Waals surface area contributed by atoms with Crippen LogP contribution >= 0.6 is 22.6 Å². The van der Waals surface area contributed by atoms with Gasteiger partial charge in [0.2, 0.25) is 0 Å². The van der Waals surface area contributed by atoms with Crippen molar-refractivity contribution in [1.29, 1.82) is 0 Å². The molecule has 0 amide bonds. The van der Waals surface area contributed by atoms with Gasteiger partial charge in [-0.2, -0.15) is 13.2 Å². The van der Waals surface area contributed by atoms with Crippen molar-refractivity contribution >= 4 is 22.6 Å². The minimum absolute atomic E-state index is 0.571. The fourth-order valence-corrected chi connectivity index (χ4v) is 2.01. The number of aromatic nitrogens is 1. The standard InChI is InChI=1S/C10H12F3IN2/c1-16(5-4-14)7-9-3-2-8(6-15-9)10(11,12)13/h2-3,6H,4-5,7H2,1H3. The zero-order valence-electron chi connectivity index (χ0n) is 8.76. The molecule has 0 fully saturated rings. The summed E-state index contributed by atoms with van der Waals surface area (Å²) in [6, 6.07) is 2.49. The van der Waals surface area contributed by atoms with E-state index >= 15 is 0 Å². The van der Waals surface area contributed by atoms with Crippen molar-refractivity contribution in [3.05, 3.63) is 29.6 Å². The first kappa shape index (κ1) is 13.7. The van der Waals surface area contributed by atoms with E-state index in [1.807, 2.05) is 11.9 Å². The molecule has 0 bridgehead atoms. The molecule has 0 radical (unpaired) electrons. The molecule has 6 heteroatoms. The molecule has 1 aromatic rings. The van der Waals surface area contributed by atoms with E-state index in [0.717, 1.165) is 23.2 Å². The van der Waals surface area contributed by atoms with Gasteiger partial charge < -0.3 is 0 Å². The maximum Gasteiger partial charge on any atom is 0.417 e. The number of alkyl halides is 4. The molecule has 1 rings (SSSR count). The van der Waals surface area contributed by atoms with Crippen molar-refractivity contribution in [2.24, 2.45) is 0 Å². The average molecular weight is 344 g/mol. The lowest BCUT2D eigenvalue weighted by Crippen LogP contribution is -2.20. The first-order valence-electron chi connectivity index (χ1n) is 4.70. The lowest BCUT2D eigenvalue weighted by atomic mass is 10.2. The van der Waals surface area contributed by atoms with Crippen molar-refractivity contribution in [1.82, 2.24) is 9.88 Å². The summed E-state index contributed by atoms with van der Waals surface area (Å²) in [5.41, 5.74) is -0.0480. The highest BCUT2D eigenvalue weighted by Gasteiger charge is 2.30. The minimum atomic E-state index is -4.31. The highest BCUT2D eigenvalue weighted by atomic mass is 127. The molecule has 0 saturated carbocycles. The van der Waals surface area contributed by atoms with E-state index in [1.54, 1.807) is 0 Å². The van der Waals surface area contributed by atoms with Gasteiger partial charge in [0, 0.05) is 23.7 Å². The number of hydrogen-bond acceptors (Lipinski definition) is 2. The van der Waals surface area contributed by atoms with E-state index in [4.69, 9.17) is 0 Å². The van der Waals surface area contributed by atoms with Crippen LogP contribution in [-0.2, 0) is 12.7 Å². The Hall–Kier alpha value is -0.370. The van der Waals surface area contributed by atoms with E-state index in [0.29, 0.717) is 12.2 Å². The van der Waals surface area contributed by atoms with Gasteiger partial charge in [-0.05, 0) is 19.2 Å². The van der Waals surface area contributed by atoms with Gasteiger partial charge in [-0.15, -0.1) is 0 Å². The number of rotatable bonds is 4. The number of halogens is 4. The molecule has 1 aromatic heterocycles. The third-order valence-corrected chi connectivity index (χ3v) is 2.53. The predicted octanol–water partition coefficient (Wildman–Crippen LogP) is 2.97. The van der Waals surface area contributed by atoms with E-state index in [-0.39, 0.29) is 0 Å². The summed E-state index contributed by atoms with van der Waals surface area (Å²) in [6.07, 6.45) is -3.42. The molecule has 2 nitrogen and oxygen atoms in total. The van der Waals surface area contributed by atoms with Crippen LogP contribution in [-0.4, -0.2) is 27.9 Å². The van der Waals surface area contributed by atoms with Gasteiger partial charge in [0.1, 0.15) is 0 Å². The van der Waals surface area contributed by atoms with Gasteiger partial charge >= 0.3 is 6.18 Å². The normalized spacial score (nSPS) is 12.1. The van der Waals surface area contributed by atoms with Crippen LogP contribution in [0.15, 0.2) is 18.3 Å². The third-order valence-electron chi connectivity index (χ3n) is 2.05. The van der Waals surface area contributed by atoms with Crippen LogP contribution in [0.25, 0.3) is 0 Å². The second-order valence-electron chi connectivity index (χ2n) is 3.46. The summed E-state index contributed by atoms with van der Waals surface area (Å²) in [5.74, 6) is 0. The van der Waals surface area contributed by atoms with Crippen LogP contribution in [0.3, 0.4) is 0 Å². The summed E-state index contributed by atoms with van der Waals surface area (Å²) >= 11 is 2.25. The Morgan fingerprint density at radius 3 is 2.50 bits per heavy atom. The Morgan fingerprint density at radius 1 is 1.38 bits per heavy atom. The smallest absolute Gasteiger partial charge is 0.300 e. The van der Waals surface area contributed by atoms with Crippen molar-refractivity contribution in [3.8, 4) is 0 Å². The van der Waals surface area contributed by atoms with E-state index in [1.165, 1.54) is 6.07 Å². The van der Waals surface area contributed by atoms with Crippen LogP contribution in [0.2, 0.25) is 0 Å². The maximum absolute atomic E-state index is 12.3. The van der Waals surface area contributed by atoms with Gasteiger partial charge in [0.15, 0.2) is 0 Å². The molecule has 0 aliphatic heterocycles. The van der Waals surface area contributed by atoms with Crippen molar-refractivity contribution in [2.45, 2.75) is 12.7 Å². The number of pyridine rings is 1. The van der Waals surface area contributed by atoms with Crippen LogP contribution in [0.4, 0.5) is 13.2 Å². The number of hydrogen-bond donors (Lipinski definition) is 0. The topological polar surface area (TPSA) is 16.1 Å².